The minimum absolute atomic E-state index is 0.467. The summed E-state index contributed by atoms with van der Waals surface area (Å²) < 4.78 is 0. The molecule has 1 aromatic rings. The van der Waals surface area contributed by atoms with Crippen LogP contribution in [0.3, 0.4) is 0 Å². The van der Waals surface area contributed by atoms with Crippen molar-refractivity contribution in [3.8, 4) is 6.07 Å². The molecule has 0 bridgehead atoms. The number of nitriles is 1. The smallest absolute Gasteiger partial charge is 0.142 e. The van der Waals surface area contributed by atoms with Crippen molar-refractivity contribution in [1.29, 1.82) is 5.26 Å². The van der Waals surface area contributed by atoms with Crippen LogP contribution < -0.4 is 10.2 Å². The molecule has 0 aliphatic carbocycles. The minimum atomic E-state index is 0.467. The second-order valence-corrected chi connectivity index (χ2v) is 4.72. The van der Waals surface area contributed by atoms with E-state index in [2.05, 4.69) is 35.1 Å². The second kappa shape index (κ2) is 5.83. The lowest BCUT2D eigenvalue weighted by atomic mass is 10.1. The molecule has 2 unspecified atom stereocenters. The van der Waals surface area contributed by atoms with Gasteiger partial charge in [-0.2, -0.15) is 5.26 Å². The average molecular weight is 244 g/mol. The Morgan fingerprint density at radius 1 is 1.44 bits per heavy atom. The van der Waals surface area contributed by atoms with Crippen molar-refractivity contribution in [3.05, 3.63) is 23.9 Å². The molecule has 0 spiro atoms. The highest BCUT2D eigenvalue weighted by Crippen LogP contribution is 2.20. The van der Waals surface area contributed by atoms with Crippen molar-refractivity contribution in [1.82, 2.24) is 10.3 Å². The topological polar surface area (TPSA) is 52.0 Å². The van der Waals surface area contributed by atoms with Gasteiger partial charge in [-0.05, 0) is 25.0 Å². The summed E-state index contributed by atoms with van der Waals surface area (Å²) >= 11 is 0. The third-order valence-corrected chi connectivity index (χ3v) is 3.61. The summed E-state index contributed by atoms with van der Waals surface area (Å²) in [5, 5.41) is 12.5. The number of anilines is 1. The van der Waals surface area contributed by atoms with Gasteiger partial charge in [-0.25, -0.2) is 4.98 Å². The first kappa shape index (κ1) is 12.8. The van der Waals surface area contributed by atoms with Crippen molar-refractivity contribution < 1.29 is 0 Å². The molecule has 1 N–H and O–H groups in total. The molecule has 2 heterocycles. The fraction of sp³-hybridized carbons (Fsp3) is 0.571. The van der Waals surface area contributed by atoms with Crippen molar-refractivity contribution in [2.75, 3.05) is 18.0 Å². The summed E-state index contributed by atoms with van der Waals surface area (Å²) in [6, 6.07) is 8.76. The Morgan fingerprint density at radius 2 is 2.28 bits per heavy atom. The van der Waals surface area contributed by atoms with Gasteiger partial charge in [-0.1, -0.05) is 19.9 Å². The molecule has 0 amide bonds. The van der Waals surface area contributed by atoms with Gasteiger partial charge in [-0.15, -0.1) is 0 Å². The van der Waals surface area contributed by atoms with Gasteiger partial charge in [0.25, 0.3) is 0 Å². The number of hydrogen-bond acceptors (Lipinski definition) is 4. The number of pyridine rings is 1. The highest BCUT2D eigenvalue weighted by molar-refractivity contribution is 5.43. The largest absolute Gasteiger partial charge is 0.351 e. The Balaban J connectivity index is 2.24. The maximum atomic E-state index is 8.94. The zero-order valence-electron chi connectivity index (χ0n) is 11.1. The summed E-state index contributed by atoms with van der Waals surface area (Å²) in [6.07, 6.45) is 2.20. The fourth-order valence-corrected chi connectivity index (χ4v) is 2.43. The van der Waals surface area contributed by atoms with E-state index >= 15 is 0 Å². The molecule has 2 rings (SSSR count). The third kappa shape index (κ3) is 2.62. The predicted octanol–water partition coefficient (Wildman–Crippen LogP) is 1.92. The molecule has 1 aliphatic rings. The number of nitrogens with one attached hydrogen (secondary N) is 1. The maximum Gasteiger partial charge on any atom is 0.142 e. The molecule has 1 fully saturated rings. The van der Waals surface area contributed by atoms with E-state index in [0.717, 1.165) is 31.7 Å². The van der Waals surface area contributed by atoms with E-state index < -0.39 is 0 Å². The molecular weight excluding hydrogens is 224 g/mol. The van der Waals surface area contributed by atoms with Crippen molar-refractivity contribution in [2.24, 2.45) is 0 Å². The summed E-state index contributed by atoms with van der Waals surface area (Å²) in [5.41, 5.74) is 0.494. The lowest BCUT2D eigenvalue weighted by Crippen LogP contribution is -2.56. The SMILES string of the molecule is CCC1CN(c2cccc(C#N)n2)C(CC)CN1. The van der Waals surface area contributed by atoms with E-state index in [4.69, 9.17) is 5.26 Å². The first-order chi connectivity index (χ1) is 8.78. The van der Waals surface area contributed by atoms with Crippen LogP contribution in [0.2, 0.25) is 0 Å². The Labute approximate surface area is 109 Å². The monoisotopic (exact) mass is 244 g/mol. The van der Waals surface area contributed by atoms with Crippen molar-refractivity contribution in [3.63, 3.8) is 0 Å². The standard InChI is InChI=1S/C14H20N4/c1-3-11-10-18(13(4-2)9-16-11)14-7-5-6-12(8-15)17-14/h5-7,11,13,16H,3-4,9-10H2,1-2H3. The normalized spacial score (nSPS) is 23.7. The van der Waals surface area contributed by atoms with Crippen LogP contribution in [0.5, 0.6) is 0 Å². The number of aromatic nitrogens is 1. The Kier molecular flexibility index (Phi) is 4.16. The Bertz CT molecular complexity index is 438. The van der Waals surface area contributed by atoms with Gasteiger partial charge in [0.2, 0.25) is 0 Å². The van der Waals surface area contributed by atoms with Crippen LogP contribution in [0, 0.1) is 11.3 Å². The zero-order valence-corrected chi connectivity index (χ0v) is 11.1. The molecule has 0 saturated carbocycles. The fourth-order valence-electron chi connectivity index (χ4n) is 2.43. The van der Waals surface area contributed by atoms with E-state index in [-0.39, 0.29) is 0 Å². The summed E-state index contributed by atoms with van der Waals surface area (Å²) in [5.74, 6) is 0.931. The summed E-state index contributed by atoms with van der Waals surface area (Å²) in [4.78, 5) is 6.76. The van der Waals surface area contributed by atoms with Gasteiger partial charge in [-0.3, -0.25) is 0 Å². The Hall–Kier alpha value is -1.60. The van der Waals surface area contributed by atoms with Crippen molar-refractivity contribution >= 4 is 5.82 Å². The second-order valence-electron chi connectivity index (χ2n) is 4.72. The average Bonchev–Trinajstić information content (AvgIpc) is 2.46. The molecule has 4 nitrogen and oxygen atoms in total. The van der Waals surface area contributed by atoms with Crippen molar-refractivity contribution in [2.45, 2.75) is 38.8 Å². The van der Waals surface area contributed by atoms with Gasteiger partial charge in [0, 0.05) is 25.2 Å². The molecule has 1 aromatic heterocycles. The highest BCUT2D eigenvalue weighted by atomic mass is 15.3. The van der Waals surface area contributed by atoms with E-state index in [9.17, 15) is 0 Å². The molecule has 4 heteroatoms. The van der Waals surface area contributed by atoms with Crippen LogP contribution in [-0.4, -0.2) is 30.2 Å². The van der Waals surface area contributed by atoms with Gasteiger partial charge >= 0.3 is 0 Å². The maximum absolute atomic E-state index is 8.94. The van der Waals surface area contributed by atoms with E-state index in [1.165, 1.54) is 0 Å². The number of nitrogens with zero attached hydrogens (tertiary/aromatic N) is 3. The number of rotatable bonds is 3. The summed E-state index contributed by atoms with van der Waals surface area (Å²) in [7, 11) is 0. The molecule has 0 aromatic carbocycles. The number of piperazine rings is 1. The van der Waals surface area contributed by atoms with E-state index in [1.54, 1.807) is 6.07 Å². The summed E-state index contributed by atoms with van der Waals surface area (Å²) in [6.45, 7) is 6.35. The van der Waals surface area contributed by atoms with Gasteiger partial charge in [0.1, 0.15) is 17.6 Å². The molecule has 0 radical (unpaired) electrons. The van der Waals surface area contributed by atoms with E-state index in [0.29, 0.717) is 17.8 Å². The minimum Gasteiger partial charge on any atom is -0.351 e. The number of hydrogen-bond donors (Lipinski definition) is 1. The lowest BCUT2D eigenvalue weighted by Gasteiger charge is -2.40. The third-order valence-electron chi connectivity index (χ3n) is 3.61. The molecule has 96 valence electrons. The lowest BCUT2D eigenvalue weighted by molar-refractivity contribution is 0.377. The molecular formula is C14H20N4. The Morgan fingerprint density at radius 3 is 2.94 bits per heavy atom. The highest BCUT2D eigenvalue weighted by Gasteiger charge is 2.26. The van der Waals surface area contributed by atoms with Crippen LogP contribution in [0.15, 0.2) is 18.2 Å². The van der Waals surface area contributed by atoms with Crippen LogP contribution in [0.25, 0.3) is 0 Å². The van der Waals surface area contributed by atoms with Crippen LogP contribution in [-0.2, 0) is 0 Å². The zero-order chi connectivity index (χ0) is 13.0. The van der Waals surface area contributed by atoms with Crippen LogP contribution >= 0.6 is 0 Å². The first-order valence-corrected chi connectivity index (χ1v) is 6.65. The van der Waals surface area contributed by atoms with Gasteiger partial charge in [0.15, 0.2) is 0 Å². The first-order valence-electron chi connectivity index (χ1n) is 6.65. The molecule has 18 heavy (non-hydrogen) atoms. The molecule has 1 aliphatic heterocycles. The van der Waals surface area contributed by atoms with E-state index in [1.807, 2.05) is 12.1 Å². The quantitative estimate of drug-likeness (QED) is 0.882. The van der Waals surface area contributed by atoms with Crippen LogP contribution in [0.1, 0.15) is 32.4 Å². The van der Waals surface area contributed by atoms with Gasteiger partial charge < -0.3 is 10.2 Å². The van der Waals surface area contributed by atoms with Gasteiger partial charge in [0.05, 0.1) is 0 Å². The van der Waals surface area contributed by atoms with Crippen LogP contribution in [0.4, 0.5) is 5.82 Å². The molecule has 2 atom stereocenters. The predicted molar refractivity (Wildman–Crippen MR) is 72.5 cm³/mol. The molecule has 1 saturated heterocycles.